The standard InChI is InChI=1S/C13H21N3/c1-3-4-8-13-15-9-10-11(14-2)6-5-7-12(10)16-13/h9,11,14H,3-8H2,1-2H3. The van der Waals surface area contributed by atoms with E-state index in [0.29, 0.717) is 6.04 Å². The topological polar surface area (TPSA) is 37.8 Å². The van der Waals surface area contributed by atoms with Gasteiger partial charge >= 0.3 is 0 Å². The third kappa shape index (κ3) is 2.40. The second-order valence-electron chi connectivity index (χ2n) is 4.53. The zero-order chi connectivity index (χ0) is 11.4. The van der Waals surface area contributed by atoms with Crippen LogP contribution in [0.3, 0.4) is 0 Å². The van der Waals surface area contributed by atoms with Crippen molar-refractivity contribution in [3.63, 3.8) is 0 Å². The van der Waals surface area contributed by atoms with Gasteiger partial charge in [0.1, 0.15) is 5.82 Å². The fourth-order valence-electron chi connectivity index (χ4n) is 2.34. The highest BCUT2D eigenvalue weighted by Crippen LogP contribution is 2.27. The Hall–Kier alpha value is -0.960. The van der Waals surface area contributed by atoms with Gasteiger partial charge in [-0.1, -0.05) is 13.3 Å². The van der Waals surface area contributed by atoms with Crippen LogP contribution in [0.15, 0.2) is 6.20 Å². The van der Waals surface area contributed by atoms with E-state index in [-0.39, 0.29) is 0 Å². The highest BCUT2D eigenvalue weighted by Gasteiger charge is 2.20. The molecule has 88 valence electrons. The monoisotopic (exact) mass is 219 g/mol. The lowest BCUT2D eigenvalue weighted by Crippen LogP contribution is -2.23. The molecule has 1 heterocycles. The predicted octanol–water partition coefficient (Wildman–Crippen LogP) is 2.42. The van der Waals surface area contributed by atoms with Crippen molar-refractivity contribution >= 4 is 0 Å². The van der Waals surface area contributed by atoms with Gasteiger partial charge < -0.3 is 5.32 Å². The van der Waals surface area contributed by atoms with Gasteiger partial charge in [-0.25, -0.2) is 9.97 Å². The van der Waals surface area contributed by atoms with E-state index < -0.39 is 0 Å². The molecule has 1 aliphatic rings. The Morgan fingerprint density at radius 3 is 3.12 bits per heavy atom. The minimum atomic E-state index is 0.462. The summed E-state index contributed by atoms with van der Waals surface area (Å²) in [5.74, 6) is 1.03. The quantitative estimate of drug-likeness (QED) is 0.845. The number of fused-ring (bicyclic) bond motifs is 1. The number of rotatable bonds is 4. The predicted molar refractivity (Wildman–Crippen MR) is 65.4 cm³/mol. The molecule has 1 atom stereocenters. The maximum atomic E-state index is 4.70. The third-order valence-corrected chi connectivity index (χ3v) is 3.33. The van der Waals surface area contributed by atoms with Crippen LogP contribution < -0.4 is 5.32 Å². The lowest BCUT2D eigenvalue weighted by molar-refractivity contribution is 0.485. The van der Waals surface area contributed by atoms with Crippen LogP contribution in [-0.2, 0) is 12.8 Å². The van der Waals surface area contributed by atoms with E-state index in [9.17, 15) is 0 Å². The number of aromatic nitrogens is 2. The van der Waals surface area contributed by atoms with Crippen LogP contribution in [0.1, 0.15) is 55.7 Å². The molecule has 3 nitrogen and oxygen atoms in total. The first-order valence-electron chi connectivity index (χ1n) is 6.37. The summed E-state index contributed by atoms with van der Waals surface area (Å²) in [5.41, 5.74) is 2.58. The van der Waals surface area contributed by atoms with E-state index in [4.69, 9.17) is 4.98 Å². The second kappa shape index (κ2) is 5.39. The number of nitrogens with one attached hydrogen (secondary N) is 1. The Labute approximate surface area is 97.7 Å². The molecule has 0 saturated carbocycles. The summed E-state index contributed by atoms with van der Waals surface area (Å²) in [4.78, 5) is 9.17. The molecule has 1 aromatic heterocycles. The molecule has 3 heteroatoms. The molecule has 0 aliphatic heterocycles. The van der Waals surface area contributed by atoms with Gasteiger partial charge in [-0.2, -0.15) is 0 Å². The molecule has 1 aromatic rings. The maximum Gasteiger partial charge on any atom is 0.128 e. The number of unbranched alkanes of at least 4 members (excludes halogenated alkanes) is 1. The van der Waals surface area contributed by atoms with Gasteiger partial charge in [-0.05, 0) is 32.7 Å². The number of hydrogen-bond acceptors (Lipinski definition) is 3. The summed E-state index contributed by atoms with van der Waals surface area (Å²) in [6, 6.07) is 0.462. The van der Waals surface area contributed by atoms with Crippen LogP contribution in [0, 0.1) is 0 Å². The van der Waals surface area contributed by atoms with E-state index in [2.05, 4.69) is 17.2 Å². The highest BCUT2D eigenvalue weighted by molar-refractivity contribution is 5.24. The zero-order valence-corrected chi connectivity index (χ0v) is 10.3. The van der Waals surface area contributed by atoms with Crippen molar-refractivity contribution in [2.24, 2.45) is 0 Å². The lowest BCUT2D eigenvalue weighted by atomic mass is 9.92. The van der Waals surface area contributed by atoms with Gasteiger partial charge in [0.25, 0.3) is 0 Å². The van der Waals surface area contributed by atoms with Gasteiger partial charge in [-0.15, -0.1) is 0 Å². The van der Waals surface area contributed by atoms with E-state index in [1.165, 1.54) is 36.9 Å². The van der Waals surface area contributed by atoms with Crippen LogP contribution in [-0.4, -0.2) is 17.0 Å². The van der Waals surface area contributed by atoms with Crippen molar-refractivity contribution in [3.8, 4) is 0 Å². The van der Waals surface area contributed by atoms with E-state index >= 15 is 0 Å². The minimum Gasteiger partial charge on any atom is -0.313 e. The van der Waals surface area contributed by atoms with Crippen LogP contribution in [0.2, 0.25) is 0 Å². The number of nitrogens with zero attached hydrogens (tertiary/aromatic N) is 2. The van der Waals surface area contributed by atoms with Crippen molar-refractivity contribution in [2.45, 2.75) is 51.5 Å². The molecule has 1 unspecified atom stereocenters. The Morgan fingerprint density at radius 2 is 2.38 bits per heavy atom. The molecule has 0 aromatic carbocycles. The summed E-state index contributed by atoms with van der Waals surface area (Å²) in [6.07, 6.45) is 9.02. The van der Waals surface area contributed by atoms with E-state index in [1.54, 1.807) is 0 Å². The highest BCUT2D eigenvalue weighted by atomic mass is 14.9. The average molecular weight is 219 g/mol. The Bertz CT molecular complexity index is 349. The molecule has 0 radical (unpaired) electrons. The van der Waals surface area contributed by atoms with Crippen LogP contribution in [0.25, 0.3) is 0 Å². The Balaban J connectivity index is 2.18. The smallest absolute Gasteiger partial charge is 0.128 e. The Kier molecular flexibility index (Phi) is 3.88. The zero-order valence-electron chi connectivity index (χ0n) is 10.3. The van der Waals surface area contributed by atoms with Gasteiger partial charge in [-0.3, -0.25) is 0 Å². The van der Waals surface area contributed by atoms with Crippen molar-refractivity contribution in [1.82, 2.24) is 15.3 Å². The molecule has 0 saturated heterocycles. The van der Waals surface area contributed by atoms with Crippen LogP contribution >= 0.6 is 0 Å². The summed E-state index contributed by atoms with van der Waals surface area (Å²) >= 11 is 0. The first-order chi connectivity index (χ1) is 7.85. The van der Waals surface area contributed by atoms with Gasteiger partial charge in [0.05, 0.1) is 0 Å². The largest absolute Gasteiger partial charge is 0.313 e. The van der Waals surface area contributed by atoms with Gasteiger partial charge in [0.15, 0.2) is 0 Å². The molecule has 0 spiro atoms. The molecular weight excluding hydrogens is 198 g/mol. The number of hydrogen-bond donors (Lipinski definition) is 1. The van der Waals surface area contributed by atoms with Crippen molar-refractivity contribution in [2.75, 3.05) is 7.05 Å². The minimum absolute atomic E-state index is 0.462. The molecular formula is C13H21N3. The van der Waals surface area contributed by atoms with Gasteiger partial charge in [0.2, 0.25) is 0 Å². The summed E-state index contributed by atoms with van der Waals surface area (Å²) < 4.78 is 0. The van der Waals surface area contributed by atoms with Crippen molar-refractivity contribution in [1.29, 1.82) is 0 Å². The SMILES string of the molecule is CCCCc1ncc2c(n1)CCCC2NC. The second-order valence-corrected chi connectivity index (χ2v) is 4.53. The molecule has 0 amide bonds. The van der Waals surface area contributed by atoms with Crippen molar-refractivity contribution in [3.05, 3.63) is 23.3 Å². The molecule has 0 bridgehead atoms. The lowest BCUT2D eigenvalue weighted by Gasteiger charge is -2.24. The fourth-order valence-corrected chi connectivity index (χ4v) is 2.34. The van der Waals surface area contributed by atoms with Gasteiger partial charge in [0, 0.05) is 29.9 Å². The first kappa shape index (κ1) is 11.5. The number of aryl methyl sites for hydroxylation is 2. The summed E-state index contributed by atoms with van der Waals surface area (Å²) in [5, 5.41) is 3.34. The molecule has 2 rings (SSSR count). The van der Waals surface area contributed by atoms with Crippen LogP contribution in [0.4, 0.5) is 0 Å². The normalized spacial score (nSPS) is 19.5. The van der Waals surface area contributed by atoms with Crippen molar-refractivity contribution < 1.29 is 0 Å². The molecule has 1 aliphatic carbocycles. The average Bonchev–Trinajstić information content (AvgIpc) is 2.35. The van der Waals surface area contributed by atoms with Crippen LogP contribution in [0.5, 0.6) is 0 Å². The maximum absolute atomic E-state index is 4.70. The van der Waals surface area contributed by atoms with E-state index in [1.807, 2.05) is 13.2 Å². The fraction of sp³-hybridized carbons (Fsp3) is 0.692. The summed E-state index contributed by atoms with van der Waals surface area (Å²) in [6.45, 7) is 2.20. The molecule has 16 heavy (non-hydrogen) atoms. The molecule has 1 N–H and O–H groups in total. The van der Waals surface area contributed by atoms with E-state index in [0.717, 1.165) is 18.7 Å². The molecule has 0 fully saturated rings. The third-order valence-electron chi connectivity index (χ3n) is 3.33. The summed E-state index contributed by atoms with van der Waals surface area (Å²) in [7, 11) is 2.02. The Morgan fingerprint density at radius 1 is 1.50 bits per heavy atom. The first-order valence-corrected chi connectivity index (χ1v) is 6.37.